The molecule has 5 rings (SSSR count). The molecule has 1 saturated carbocycles. The average molecular weight is 595 g/mol. The number of ether oxygens (including phenoxy) is 3. The van der Waals surface area contributed by atoms with Gasteiger partial charge in [-0.1, -0.05) is 0 Å². The first kappa shape index (κ1) is 31.5. The maximum absolute atomic E-state index is 13.7. The van der Waals surface area contributed by atoms with Crippen molar-refractivity contribution in [3.63, 3.8) is 0 Å². The van der Waals surface area contributed by atoms with Gasteiger partial charge in [0.05, 0.1) is 18.3 Å². The molecule has 236 valence electrons. The Balaban J connectivity index is 1.33. The normalized spacial score (nSPS) is 24.8. The standard InChI is InChI=1S/C34H50N4O5/c1-7-38(27-8-10-41-11-9-27)32-16-29(43-28-13-26(14-28)20-37-18-23(4)42-24(5)19-37)15-30(25(32)6)33(39)35-17-31-21(2)12-22(3)36-34(31)40/h12,15-16,23-24,26-28H,7-11,13-14,17-20H2,1-6H3,(H,35,39)(H,36,40)/t23-,24+,26?,28?. The van der Waals surface area contributed by atoms with E-state index in [1.165, 1.54) is 0 Å². The average Bonchev–Trinajstić information content (AvgIpc) is 2.93. The van der Waals surface area contributed by atoms with Gasteiger partial charge in [-0.05, 0) is 96.4 Å². The number of carbonyl (C=O) groups excluding carboxylic acids is 1. The Morgan fingerprint density at radius 3 is 2.44 bits per heavy atom. The number of hydrogen-bond acceptors (Lipinski definition) is 7. The van der Waals surface area contributed by atoms with Crippen LogP contribution in [0.25, 0.3) is 0 Å². The Morgan fingerprint density at radius 2 is 1.79 bits per heavy atom. The highest BCUT2D eigenvalue weighted by Crippen LogP contribution is 2.37. The number of nitrogens with one attached hydrogen (secondary N) is 2. The van der Waals surface area contributed by atoms with Crippen LogP contribution in [0.2, 0.25) is 0 Å². The van der Waals surface area contributed by atoms with Crippen LogP contribution >= 0.6 is 0 Å². The lowest BCUT2D eigenvalue weighted by Crippen LogP contribution is -2.49. The molecule has 3 aliphatic rings. The van der Waals surface area contributed by atoms with E-state index in [2.05, 4.69) is 46.9 Å². The molecule has 3 heterocycles. The van der Waals surface area contributed by atoms with E-state index in [0.717, 1.165) is 93.3 Å². The minimum atomic E-state index is -0.200. The number of morpholine rings is 1. The highest BCUT2D eigenvalue weighted by molar-refractivity contribution is 5.97. The second-order valence-corrected chi connectivity index (χ2v) is 12.9. The lowest BCUT2D eigenvalue weighted by molar-refractivity contribution is -0.0787. The lowest BCUT2D eigenvalue weighted by atomic mass is 9.81. The molecule has 0 unspecified atom stereocenters. The Kier molecular flexibility index (Phi) is 10.1. The van der Waals surface area contributed by atoms with Gasteiger partial charge in [0, 0.05) is 80.6 Å². The fourth-order valence-corrected chi connectivity index (χ4v) is 7.17. The summed E-state index contributed by atoms with van der Waals surface area (Å²) in [5, 5.41) is 3.02. The van der Waals surface area contributed by atoms with Crippen LogP contribution in [0.1, 0.15) is 79.2 Å². The molecule has 1 aliphatic carbocycles. The number of nitrogens with zero attached hydrogens (tertiary/aromatic N) is 2. The molecular weight excluding hydrogens is 544 g/mol. The zero-order chi connectivity index (χ0) is 30.7. The number of benzene rings is 1. The van der Waals surface area contributed by atoms with E-state index in [1.807, 2.05) is 32.9 Å². The van der Waals surface area contributed by atoms with E-state index >= 15 is 0 Å². The molecular formula is C34H50N4O5. The van der Waals surface area contributed by atoms with Crippen LogP contribution in [0.5, 0.6) is 5.75 Å². The molecule has 2 saturated heterocycles. The molecule has 1 aromatic carbocycles. The van der Waals surface area contributed by atoms with Crippen molar-refractivity contribution in [1.29, 1.82) is 0 Å². The SMILES string of the molecule is CCN(c1cc(OC2CC(CN3C[C@@H](C)O[C@@H](C)C3)C2)cc(C(=O)NCc2c(C)cc(C)[nH]c2=O)c1C)C1CCOCC1. The van der Waals surface area contributed by atoms with Crippen molar-refractivity contribution >= 4 is 11.6 Å². The predicted octanol–water partition coefficient (Wildman–Crippen LogP) is 4.50. The summed E-state index contributed by atoms with van der Waals surface area (Å²) in [5.74, 6) is 1.15. The topological polar surface area (TPSA) is 96.1 Å². The summed E-state index contributed by atoms with van der Waals surface area (Å²) in [7, 11) is 0. The fraction of sp³-hybridized carbons (Fsp3) is 0.647. The molecule has 2 atom stereocenters. The van der Waals surface area contributed by atoms with E-state index in [4.69, 9.17) is 14.2 Å². The number of aromatic nitrogens is 1. The van der Waals surface area contributed by atoms with E-state index in [0.29, 0.717) is 23.1 Å². The number of hydrogen-bond donors (Lipinski definition) is 2. The van der Waals surface area contributed by atoms with Crippen LogP contribution in [-0.2, 0) is 16.0 Å². The number of H-pyrrole nitrogens is 1. The van der Waals surface area contributed by atoms with Crippen LogP contribution in [0.3, 0.4) is 0 Å². The number of pyridine rings is 1. The highest BCUT2D eigenvalue weighted by atomic mass is 16.5. The second kappa shape index (κ2) is 13.8. The van der Waals surface area contributed by atoms with Crippen molar-refractivity contribution in [2.45, 2.75) is 98.1 Å². The van der Waals surface area contributed by atoms with Crippen molar-refractivity contribution in [3.05, 3.63) is 56.5 Å². The van der Waals surface area contributed by atoms with Gasteiger partial charge in [-0.2, -0.15) is 0 Å². The van der Waals surface area contributed by atoms with Crippen molar-refractivity contribution in [2.24, 2.45) is 5.92 Å². The maximum Gasteiger partial charge on any atom is 0.253 e. The highest BCUT2D eigenvalue weighted by Gasteiger charge is 2.34. The van der Waals surface area contributed by atoms with Crippen LogP contribution < -0.4 is 20.5 Å². The lowest BCUT2D eigenvalue weighted by Gasteiger charge is -2.42. The Bertz CT molecular complexity index is 1320. The number of amides is 1. The van der Waals surface area contributed by atoms with Gasteiger partial charge in [0.2, 0.25) is 0 Å². The van der Waals surface area contributed by atoms with Crippen molar-refractivity contribution in [1.82, 2.24) is 15.2 Å². The van der Waals surface area contributed by atoms with Gasteiger partial charge >= 0.3 is 0 Å². The van der Waals surface area contributed by atoms with Crippen LogP contribution in [0.4, 0.5) is 5.69 Å². The second-order valence-electron chi connectivity index (χ2n) is 12.9. The molecule has 43 heavy (non-hydrogen) atoms. The third-order valence-electron chi connectivity index (χ3n) is 9.31. The van der Waals surface area contributed by atoms with Gasteiger partial charge < -0.3 is 29.4 Å². The summed E-state index contributed by atoms with van der Waals surface area (Å²) >= 11 is 0. The summed E-state index contributed by atoms with van der Waals surface area (Å²) in [6.45, 7) is 17.8. The predicted molar refractivity (Wildman–Crippen MR) is 169 cm³/mol. The van der Waals surface area contributed by atoms with Gasteiger partial charge in [0.25, 0.3) is 11.5 Å². The number of aromatic amines is 1. The van der Waals surface area contributed by atoms with E-state index in [9.17, 15) is 9.59 Å². The molecule has 0 bridgehead atoms. The molecule has 2 N–H and O–H groups in total. The monoisotopic (exact) mass is 594 g/mol. The van der Waals surface area contributed by atoms with Gasteiger partial charge in [-0.3, -0.25) is 14.5 Å². The molecule has 2 aliphatic heterocycles. The van der Waals surface area contributed by atoms with Gasteiger partial charge in [-0.15, -0.1) is 0 Å². The van der Waals surface area contributed by atoms with Gasteiger partial charge in [0.15, 0.2) is 0 Å². The Hall–Kier alpha value is -2.88. The minimum Gasteiger partial charge on any atom is -0.490 e. The number of rotatable bonds is 10. The number of aryl methyl sites for hydroxylation is 2. The summed E-state index contributed by atoms with van der Waals surface area (Å²) in [6.07, 6.45) is 4.63. The zero-order valence-corrected chi connectivity index (χ0v) is 26.8. The van der Waals surface area contributed by atoms with Gasteiger partial charge in [-0.25, -0.2) is 0 Å². The minimum absolute atomic E-state index is 0.138. The van der Waals surface area contributed by atoms with Crippen LogP contribution in [-0.4, -0.2) is 79.5 Å². The molecule has 3 fully saturated rings. The molecule has 0 spiro atoms. The van der Waals surface area contributed by atoms with E-state index in [-0.39, 0.29) is 36.3 Å². The number of anilines is 1. The van der Waals surface area contributed by atoms with Crippen LogP contribution in [0, 0.1) is 26.7 Å². The molecule has 1 amide bonds. The summed E-state index contributed by atoms with van der Waals surface area (Å²) in [5.41, 5.74) is 4.64. The molecule has 1 aromatic heterocycles. The molecule has 0 radical (unpaired) electrons. The van der Waals surface area contributed by atoms with E-state index in [1.54, 1.807) is 0 Å². The number of carbonyl (C=O) groups is 1. The third-order valence-corrected chi connectivity index (χ3v) is 9.31. The largest absolute Gasteiger partial charge is 0.490 e. The first-order valence-corrected chi connectivity index (χ1v) is 16.1. The van der Waals surface area contributed by atoms with Gasteiger partial charge in [0.1, 0.15) is 5.75 Å². The zero-order valence-electron chi connectivity index (χ0n) is 26.8. The summed E-state index contributed by atoms with van der Waals surface area (Å²) in [6, 6.07) is 6.29. The maximum atomic E-state index is 13.7. The first-order valence-electron chi connectivity index (χ1n) is 16.1. The smallest absolute Gasteiger partial charge is 0.253 e. The van der Waals surface area contributed by atoms with Crippen molar-refractivity contribution in [3.8, 4) is 5.75 Å². The first-order chi connectivity index (χ1) is 20.6. The van der Waals surface area contributed by atoms with E-state index < -0.39 is 0 Å². The third kappa shape index (κ3) is 7.62. The van der Waals surface area contributed by atoms with Crippen molar-refractivity contribution in [2.75, 3.05) is 44.3 Å². The molecule has 9 heteroatoms. The summed E-state index contributed by atoms with van der Waals surface area (Å²) in [4.78, 5) is 34.0. The van der Waals surface area contributed by atoms with Crippen LogP contribution in [0.15, 0.2) is 23.0 Å². The molecule has 2 aromatic rings. The fourth-order valence-electron chi connectivity index (χ4n) is 7.17. The Morgan fingerprint density at radius 1 is 1.09 bits per heavy atom. The quantitative estimate of drug-likeness (QED) is 0.418. The van der Waals surface area contributed by atoms with Crippen molar-refractivity contribution < 1.29 is 19.0 Å². The summed E-state index contributed by atoms with van der Waals surface area (Å²) < 4.78 is 18.1. The molecule has 9 nitrogen and oxygen atoms in total. The Labute approximate surface area is 256 Å².